The van der Waals surface area contributed by atoms with E-state index in [1.165, 1.54) is 36.9 Å². The zero-order valence-electron chi connectivity index (χ0n) is 13.8. The van der Waals surface area contributed by atoms with E-state index in [1.807, 2.05) is 0 Å². The molecule has 1 N–H and O–H groups in total. The summed E-state index contributed by atoms with van der Waals surface area (Å²) in [6.07, 6.45) is 5.05. The van der Waals surface area contributed by atoms with Crippen LogP contribution in [0.15, 0.2) is 24.3 Å². The Kier molecular flexibility index (Phi) is 8.36. The van der Waals surface area contributed by atoms with Crippen molar-refractivity contribution in [1.29, 1.82) is 0 Å². The number of rotatable bonds is 10. The number of anilines is 1. The third-order valence-corrected chi connectivity index (χ3v) is 4.00. The Bertz CT molecular complexity index is 358. The molecule has 114 valence electrons. The van der Waals surface area contributed by atoms with E-state index in [2.05, 4.69) is 62.2 Å². The summed E-state index contributed by atoms with van der Waals surface area (Å²) in [7, 11) is 0. The van der Waals surface area contributed by atoms with Crippen LogP contribution in [0, 0.1) is 0 Å². The highest BCUT2D eigenvalue weighted by molar-refractivity contribution is 5.46. The molecule has 2 nitrogen and oxygen atoms in total. The van der Waals surface area contributed by atoms with Gasteiger partial charge in [0.25, 0.3) is 0 Å². The van der Waals surface area contributed by atoms with Gasteiger partial charge in [-0.05, 0) is 43.6 Å². The van der Waals surface area contributed by atoms with Crippen LogP contribution < -0.4 is 5.32 Å². The van der Waals surface area contributed by atoms with E-state index in [0.717, 1.165) is 19.6 Å². The van der Waals surface area contributed by atoms with Crippen LogP contribution in [0.5, 0.6) is 0 Å². The third kappa shape index (κ3) is 5.96. The Morgan fingerprint density at radius 2 is 1.85 bits per heavy atom. The Hall–Kier alpha value is -1.02. The summed E-state index contributed by atoms with van der Waals surface area (Å²) in [6.45, 7) is 12.3. The Labute approximate surface area is 125 Å². The molecule has 0 fully saturated rings. The molecular formula is C18H32N2. The molecule has 2 heteroatoms. The second kappa shape index (κ2) is 9.82. The quantitative estimate of drug-likeness (QED) is 0.653. The number of benzene rings is 1. The normalized spacial score (nSPS) is 12.7. The van der Waals surface area contributed by atoms with Crippen LogP contribution in [0.25, 0.3) is 0 Å². The zero-order chi connectivity index (χ0) is 14.8. The maximum Gasteiger partial charge on any atom is 0.0345 e. The van der Waals surface area contributed by atoms with Gasteiger partial charge in [-0.1, -0.05) is 52.7 Å². The number of hydrogen-bond donors (Lipinski definition) is 1. The SMILES string of the molecule is CCCCC(CC)Nc1cccc(CN(CC)CC)c1. The van der Waals surface area contributed by atoms with E-state index >= 15 is 0 Å². The number of nitrogens with zero attached hydrogens (tertiary/aromatic N) is 1. The first kappa shape index (κ1) is 17.0. The first-order valence-corrected chi connectivity index (χ1v) is 8.31. The minimum atomic E-state index is 0.610. The van der Waals surface area contributed by atoms with E-state index in [-0.39, 0.29) is 0 Å². The van der Waals surface area contributed by atoms with Crippen molar-refractivity contribution in [3.63, 3.8) is 0 Å². The molecule has 1 unspecified atom stereocenters. The van der Waals surface area contributed by atoms with Crippen molar-refractivity contribution in [3.05, 3.63) is 29.8 Å². The van der Waals surface area contributed by atoms with Crippen molar-refractivity contribution in [1.82, 2.24) is 4.90 Å². The van der Waals surface area contributed by atoms with Gasteiger partial charge in [0.05, 0.1) is 0 Å². The highest BCUT2D eigenvalue weighted by Crippen LogP contribution is 2.16. The van der Waals surface area contributed by atoms with E-state index in [1.54, 1.807) is 0 Å². The fourth-order valence-electron chi connectivity index (χ4n) is 2.53. The van der Waals surface area contributed by atoms with Crippen molar-refractivity contribution in [2.24, 2.45) is 0 Å². The van der Waals surface area contributed by atoms with Gasteiger partial charge in [0.2, 0.25) is 0 Å². The van der Waals surface area contributed by atoms with Crippen LogP contribution >= 0.6 is 0 Å². The molecule has 0 bridgehead atoms. The van der Waals surface area contributed by atoms with Crippen LogP contribution in [0.4, 0.5) is 5.69 Å². The van der Waals surface area contributed by atoms with Gasteiger partial charge in [-0.25, -0.2) is 0 Å². The fraction of sp³-hybridized carbons (Fsp3) is 0.667. The topological polar surface area (TPSA) is 15.3 Å². The van der Waals surface area contributed by atoms with Gasteiger partial charge >= 0.3 is 0 Å². The van der Waals surface area contributed by atoms with Crippen LogP contribution in [-0.2, 0) is 6.54 Å². The fourth-order valence-corrected chi connectivity index (χ4v) is 2.53. The van der Waals surface area contributed by atoms with Crippen molar-refractivity contribution in [3.8, 4) is 0 Å². The summed E-state index contributed by atoms with van der Waals surface area (Å²) < 4.78 is 0. The van der Waals surface area contributed by atoms with Gasteiger partial charge < -0.3 is 5.32 Å². The highest BCUT2D eigenvalue weighted by Gasteiger charge is 2.06. The van der Waals surface area contributed by atoms with Crippen molar-refractivity contribution in [2.75, 3.05) is 18.4 Å². The molecule has 20 heavy (non-hydrogen) atoms. The van der Waals surface area contributed by atoms with Crippen molar-refractivity contribution in [2.45, 2.75) is 66.0 Å². The largest absolute Gasteiger partial charge is 0.382 e. The Balaban J connectivity index is 2.62. The van der Waals surface area contributed by atoms with Gasteiger partial charge in [0.15, 0.2) is 0 Å². The second-order valence-electron chi connectivity index (χ2n) is 5.55. The minimum Gasteiger partial charge on any atom is -0.382 e. The molecule has 0 heterocycles. The molecule has 0 aliphatic carbocycles. The molecular weight excluding hydrogens is 244 g/mol. The molecule has 1 rings (SSSR count). The van der Waals surface area contributed by atoms with Gasteiger partial charge in [-0.15, -0.1) is 0 Å². The molecule has 1 aromatic carbocycles. The minimum absolute atomic E-state index is 0.610. The molecule has 0 radical (unpaired) electrons. The molecule has 0 saturated carbocycles. The van der Waals surface area contributed by atoms with E-state index in [0.29, 0.717) is 6.04 Å². The average Bonchev–Trinajstić information content (AvgIpc) is 2.49. The predicted octanol–water partition coefficient (Wildman–Crippen LogP) is 4.91. The smallest absolute Gasteiger partial charge is 0.0345 e. The maximum absolute atomic E-state index is 3.69. The summed E-state index contributed by atoms with van der Waals surface area (Å²) >= 11 is 0. The second-order valence-corrected chi connectivity index (χ2v) is 5.55. The summed E-state index contributed by atoms with van der Waals surface area (Å²) in [5.74, 6) is 0. The summed E-state index contributed by atoms with van der Waals surface area (Å²) in [4.78, 5) is 2.45. The van der Waals surface area contributed by atoms with E-state index < -0.39 is 0 Å². The monoisotopic (exact) mass is 276 g/mol. The molecule has 0 spiro atoms. The van der Waals surface area contributed by atoms with E-state index in [9.17, 15) is 0 Å². The van der Waals surface area contributed by atoms with Crippen LogP contribution in [0.2, 0.25) is 0 Å². The van der Waals surface area contributed by atoms with Crippen LogP contribution in [0.1, 0.15) is 58.9 Å². The van der Waals surface area contributed by atoms with E-state index in [4.69, 9.17) is 0 Å². The van der Waals surface area contributed by atoms with Crippen LogP contribution in [-0.4, -0.2) is 24.0 Å². The zero-order valence-corrected chi connectivity index (χ0v) is 13.8. The lowest BCUT2D eigenvalue weighted by molar-refractivity contribution is 0.296. The summed E-state index contributed by atoms with van der Waals surface area (Å²) in [5.41, 5.74) is 2.68. The Morgan fingerprint density at radius 3 is 2.45 bits per heavy atom. The van der Waals surface area contributed by atoms with Gasteiger partial charge in [0.1, 0.15) is 0 Å². The number of unbranched alkanes of at least 4 members (excludes halogenated alkanes) is 1. The third-order valence-electron chi connectivity index (χ3n) is 4.00. The lowest BCUT2D eigenvalue weighted by Crippen LogP contribution is -2.22. The van der Waals surface area contributed by atoms with Crippen molar-refractivity contribution >= 4 is 5.69 Å². The summed E-state index contributed by atoms with van der Waals surface area (Å²) in [6, 6.07) is 9.52. The molecule has 0 saturated heterocycles. The van der Waals surface area contributed by atoms with Gasteiger partial charge in [0, 0.05) is 18.3 Å². The lowest BCUT2D eigenvalue weighted by Gasteiger charge is -2.21. The highest BCUT2D eigenvalue weighted by atomic mass is 15.1. The molecule has 1 atom stereocenters. The van der Waals surface area contributed by atoms with Crippen LogP contribution in [0.3, 0.4) is 0 Å². The maximum atomic E-state index is 3.69. The number of hydrogen-bond acceptors (Lipinski definition) is 2. The molecule has 0 aliphatic rings. The first-order valence-electron chi connectivity index (χ1n) is 8.31. The molecule has 0 aromatic heterocycles. The Morgan fingerprint density at radius 1 is 1.10 bits per heavy atom. The summed E-state index contributed by atoms with van der Waals surface area (Å²) in [5, 5.41) is 3.69. The average molecular weight is 276 g/mol. The number of nitrogens with one attached hydrogen (secondary N) is 1. The molecule has 0 aliphatic heterocycles. The lowest BCUT2D eigenvalue weighted by atomic mass is 10.1. The van der Waals surface area contributed by atoms with Crippen molar-refractivity contribution < 1.29 is 0 Å². The predicted molar refractivity (Wildman–Crippen MR) is 90.3 cm³/mol. The van der Waals surface area contributed by atoms with Gasteiger partial charge in [-0.2, -0.15) is 0 Å². The molecule has 0 amide bonds. The van der Waals surface area contributed by atoms with Gasteiger partial charge in [-0.3, -0.25) is 4.90 Å². The standard InChI is InChI=1S/C18H32N2/c1-5-9-12-17(6-2)19-18-13-10-11-16(14-18)15-20(7-3)8-4/h10-11,13-14,17,19H,5-9,12,15H2,1-4H3. The molecule has 1 aromatic rings. The first-order chi connectivity index (χ1) is 9.73.